The Kier molecular flexibility index (Phi) is 7.58. The molecule has 0 fully saturated rings. The van der Waals surface area contributed by atoms with E-state index in [1.807, 2.05) is 6.92 Å². The van der Waals surface area contributed by atoms with Crippen molar-refractivity contribution in [3.05, 3.63) is 23.8 Å². The first-order valence-electron chi connectivity index (χ1n) is 7.20. The van der Waals surface area contributed by atoms with Crippen molar-refractivity contribution in [2.45, 2.75) is 71.3 Å². The molecule has 0 bridgehead atoms. The molecule has 1 aromatic heterocycles. The second kappa shape index (κ2) is 9.03. The van der Waals surface area contributed by atoms with E-state index in [9.17, 15) is 5.11 Å². The van der Waals surface area contributed by atoms with Gasteiger partial charge in [0.05, 0.1) is 0 Å². The topological polar surface area (TPSA) is 46.0 Å². The summed E-state index contributed by atoms with van der Waals surface area (Å²) in [6, 6.07) is 0. The second-order valence-electron chi connectivity index (χ2n) is 5.04. The van der Waals surface area contributed by atoms with Gasteiger partial charge in [-0.25, -0.2) is 9.97 Å². The van der Waals surface area contributed by atoms with Crippen molar-refractivity contribution in [1.82, 2.24) is 9.97 Å². The average molecular weight is 250 g/mol. The van der Waals surface area contributed by atoms with Crippen LogP contribution in [-0.2, 0) is 0 Å². The highest BCUT2D eigenvalue weighted by atomic mass is 16.3. The molecule has 1 unspecified atom stereocenters. The Morgan fingerprint density at radius 3 is 2.17 bits per heavy atom. The summed E-state index contributed by atoms with van der Waals surface area (Å²) in [6.45, 7) is 4.18. The number of aryl methyl sites for hydroxylation is 1. The van der Waals surface area contributed by atoms with Crippen LogP contribution in [0.15, 0.2) is 12.4 Å². The van der Waals surface area contributed by atoms with E-state index < -0.39 is 6.10 Å². The van der Waals surface area contributed by atoms with Crippen molar-refractivity contribution in [1.29, 1.82) is 0 Å². The van der Waals surface area contributed by atoms with Gasteiger partial charge in [0.25, 0.3) is 0 Å². The minimum atomic E-state index is -0.499. The van der Waals surface area contributed by atoms with Crippen molar-refractivity contribution < 1.29 is 5.11 Å². The first kappa shape index (κ1) is 15.1. The molecule has 0 aliphatic heterocycles. The minimum Gasteiger partial charge on any atom is -0.385 e. The maximum atomic E-state index is 9.93. The molecule has 0 aliphatic rings. The molecule has 1 heterocycles. The SMILES string of the molecule is CCCCCCCCCC(O)c1ncc(C)cn1. The van der Waals surface area contributed by atoms with E-state index >= 15 is 0 Å². The molecule has 18 heavy (non-hydrogen) atoms. The zero-order valence-electron chi connectivity index (χ0n) is 11.7. The van der Waals surface area contributed by atoms with Gasteiger partial charge in [0.1, 0.15) is 6.10 Å². The molecule has 0 spiro atoms. The lowest BCUT2D eigenvalue weighted by atomic mass is 10.1. The third-order valence-corrected chi connectivity index (χ3v) is 3.18. The predicted octanol–water partition coefficient (Wildman–Crippen LogP) is 3.96. The van der Waals surface area contributed by atoms with Crippen LogP contribution in [0.5, 0.6) is 0 Å². The van der Waals surface area contributed by atoms with Crippen LogP contribution in [0, 0.1) is 6.92 Å². The van der Waals surface area contributed by atoms with E-state index in [1.54, 1.807) is 12.4 Å². The van der Waals surface area contributed by atoms with E-state index in [0.717, 1.165) is 18.4 Å². The Bertz CT molecular complexity index is 311. The van der Waals surface area contributed by atoms with E-state index in [1.165, 1.54) is 38.5 Å². The van der Waals surface area contributed by atoms with Crippen molar-refractivity contribution in [3.63, 3.8) is 0 Å². The summed E-state index contributed by atoms with van der Waals surface area (Å²) in [5, 5.41) is 9.93. The lowest BCUT2D eigenvalue weighted by Crippen LogP contribution is -2.03. The largest absolute Gasteiger partial charge is 0.385 e. The molecule has 0 saturated heterocycles. The Morgan fingerprint density at radius 1 is 1.00 bits per heavy atom. The molecular weight excluding hydrogens is 224 g/mol. The summed E-state index contributed by atoms with van der Waals surface area (Å²) >= 11 is 0. The summed E-state index contributed by atoms with van der Waals surface area (Å²) in [4.78, 5) is 8.31. The van der Waals surface area contributed by atoms with E-state index in [0.29, 0.717) is 5.82 Å². The van der Waals surface area contributed by atoms with Crippen LogP contribution in [0.1, 0.15) is 75.8 Å². The Morgan fingerprint density at radius 2 is 1.56 bits per heavy atom. The lowest BCUT2D eigenvalue weighted by Gasteiger charge is -2.08. The van der Waals surface area contributed by atoms with Gasteiger partial charge in [0.2, 0.25) is 0 Å². The number of aromatic nitrogens is 2. The molecule has 3 nitrogen and oxygen atoms in total. The first-order valence-corrected chi connectivity index (χ1v) is 7.20. The highest BCUT2D eigenvalue weighted by Crippen LogP contribution is 2.17. The zero-order valence-corrected chi connectivity index (χ0v) is 11.7. The van der Waals surface area contributed by atoms with Crippen LogP contribution in [0.25, 0.3) is 0 Å². The molecular formula is C15H26N2O. The van der Waals surface area contributed by atoms with E-state index in [2.05, 4.69) is 16.9 Å². The van der Waals surface area contributed by atoms with Crippen LogP contribution in [-0.4, -0.2) is 15.1 Å². The molecule has 0 saturated carbocycles. The third kappa shape index (κ3) is 6.10. The first-order chi connectivity index (χ1) is 8.74. The predicted molar refractivity (Wildman–Crippen MR) is 74.3 cm³/mol. The molecule has 0 aliphatic carbocycles. The standard InChI is InChI=1S/C15H26N2O/c1-3-4-5-6-7-8-9-10-14(18)15-16-11-13(2)12-17-15/h11-12,14,18H,3-10H2,1-2H3. The molecule has 102 valence electrons. The number of rotatable bonds is 9. The molecule has 0 aromatic carbocycles. The van der Waals surface area contributed by atoms with Crippen LogP contribution in [0.3, 0.4) is 0 Å². The van der Waals surface area contributed by atoms with E-state index in [-0.39, 0.29) is 0 Å². The monoisotopic (exact) mass is 250 g/mol. The van der Waals surface area contributed by atoms with Crippen LogP contribution in [0.4, 0.5) is 0 Å². The highest BCUT2D eigenvalue weighted by Gasteiger charge is 2.09. The molecule has 0 amide bonds. The average Bonchev–Trinajstić information content (AvgIpc) is 2.38. The number of unbranched alkanes of at least 4 members (excludes halogenated alkanes) is 6. The van der Waals surface area contributed by atoms with E-state index in [4.69, 9.17) is 0 Å². The Balaban J connectivity index is 2.10. The van der Waals surface area contributed by atoms with Gasteiger partial charge < -0.3 is 5.11 Å². The zero-order chi connectivity index (χ0) is 13.2. The summed E-state index contributed by atoms with van der Waals surface area (Å²) in [6.07, 6.45) is 12.7. The van der Waals surface area contributed by atoms with Gasteiger partial charge in [-0.2, -0.15) is 0 Å². The maximum Gasteiger partial charge on any atom is 0.156 e. The molecule has 3 heteroatoms. The molecule has 1 N–H and O–H groups in total. The fraction of sp³-hybridized carbons (Fsp3) is 0.733. The lowest BCUT2D eigenvalue weighted by molar-refractivity contribution is 0.153. The third-order valence-electron chi connectivity index (χ3n) is 3.18. The normalized spacial score (nSPS) is 12.6. The van der Waals surface area contributed by atoms with Crippen molar-refractivity contribution >= 4 is 0 Å². The van der Waals surface area contributed by atoms with Gasteiger partial charge in [-0.15, -0.1) is 0 Å². The van der Waals surface area contributed by atoms with Gasteiger partial charge in [-0.1, -0.05) is 51.9 Å². The van der Waals surface area contributed by atoms with Crippen molar-refractivity contribution in [2.75, 3.05) is 0 Å². The second-order valence-corrected chi connectivity index (χ2v) is 5.04. The summed E-state index contributed by atoms with van der Waals surface area (Å²) in [7, 11) is 0. The smallest absolute Gasteiger partial charge is 0.156 e. The molecule has 1 aromatic rings. The Labute approximate surface area is 111 Å². The highest BCUT2D eigenvalue weighted by molar-refractivity contribution is 5.03. The van der Waals surface area contributed by atoms with Crippen LogP contribution in [0.2, 0.25) is 0 Å². The summed E-state index contributed by atoms with van der Waals surface area (Å²) in [5.74, 6) is 0.562. The molecule has 1 rings (SSSR count). The van der Waals surface area contributed by atoms with Gasteiger partial charge in [-0.05, 0) is 18.9 Å². The van der Waals surface area contributed by atoms with Gasteiger partial charge >= 0.3 is 0 Å². The Hall–Kier alpha value is -0.960. The number of aliphatic hydroxyl groups excluding tert-OH is 1. The number of hydrogen-bond donors (Lipinski definition) is 1. The summed E-state index contributed by atoms with van der Waals surface area (Å²) < 4.78 is 0. The quantitative estimate of drug-likeness (QED) is 0.675. The fourth-order valence-electron chi connectivity index (χ4n) is 2.00. The minimum absolute atomic E-state index is 0.499. The van der Waals surface area contributed by atoms with Crippen LogP contribution < -0.4 is 0 Å². The fourth-order valence-corrected chi connectivity index (χ4v) is 2.00. The van der Waals surface area contributed by atoms with Gasteiger partial charge in [0.15, 0.2) is 5.82 Å². The molecule has 0 radical (unpaired) electrons. The van der Waals surface area contributed by atoms with Crippen molar-refractivity contribution in [3.8, 4) is 0 Å². The van der Waals surface area contributed by atoms with Crippen molar-refractivity contribution in [2.24, 2.45) is 0 Å². The number of nitrogens with zero attached hydrogens (tertiary/aromatic N) is 2. The molecule has 1 atom stereocenters. The number of hydrogen-bond acceptors (Lipinski definition) is 3. The number of aliphatic hydroxyl groups is 1. The summed E-state index contributed by atoms with van der Waals surface area (Å²) in [5.41, 5.74) is 1.03. The van der Waals surface area contributed by atoms with Gasteiger partial charge in [-0.3, -0.25) is 0 Å². The van der Waals surface area contributed by atoms with Crippen LogP contribution >= 0.6 is 0 Å². The maximum absolute atomic E-state index is 9.93. The van der Waals surface area contributed by atoms with Gasteiger partial charge in [0, 0.05) is 12.4 Å².